The maximum absolute atomic E-state index is 13.7. The fraction of sp³-hybridized carbons (Fsp3) is 0.316. The van der Waals surface area contributed by atoms with Crippen molar-refractivity contribution in [1.82, 2.24) is 24.5 Å². The van der Waals surface area contributed by atoms with Crippen LogP contribution in [-0.2, 0) is 33.2 Å². The van der Waals surface area contributed by atoms with Crippen molar-refractivity contribution in [3.63, 3.8) is 0 Å². The molecule has 1 aromatic carbocycles. The van der Waals surface area contributed by atoms with Crippen molar-refractivity contribution >= 4 is 5.91 Å². The van der Waals surface area contributed by atoms with E-state index < -0.39 is 40.8 Å². The SMILES string of the molecule is Cn1nc2c(c1-c1cc(F)c(F)c(F)c1)CCN(C(=O)c1cnn(C)c1C(F)(F)F)C2. The Bertz CT molecular complexity index is 1170. The lowest BCUT2D eigenvalue weighted by molar-refractivity contribution is -0.144. The Labute approximate surface area is 171 Å². The number of rotatable bonds is 2. The van der Waals surface area contributed by atoms with E-state index in [1.807, 2.05) is 0 Å². The van der Waals surface area contributed by atoms with Crippen LogP contribution in [0.3, 0.4) is 0 Å². The summed E-state index contributed by atoms with van der Waals surface area (Å²) < 4.78 is 82.6. The molecule has 2 aromatic heterocycles. The first-order valence-electron chi connectivity index (χ1n) is 9.07. The van der Waals surface area contributed by atoms with Crippen LogP contribution in [0.15, 0.2) is 18.3 Å². The Morgan fingerprint density at radius 3 is 2.32 bits per heavy atom. The van der Waals surface area contributed by atoms with Gasteiger partial charge in [0.05, 0.1) is 29.7 Å². The molecule has 0 saturated carbocycles. The molecule has 164 valence electrons. The normalized spacial score (nSPS) is 14.1. The van der Waals surface area contributed by atoms with Crippen LogP contribution in [0.25, 0.3) is 11.3 Å². The Hall–Kier alpha value is -3.31. The Balaban J connectivity index is 1.68. The van der Waals surface area contributed by atoms with Gasteiger partial charge in [0.25, 0.3) is 5.91 Å². The number of halogens is 6. The maximum atomic E-state index is 13.7. The predicted molar refractivity (Wildman–Crippen MR) is 95.2 cm³/mol. The van der Waals surface area contributed by atoms with E-state index in [1.54, 1.807) is 0 Å². The maximum Gasteiger partial charge on any atom is 0.433 e. The second-order valence-corrected chi connectivity index (χ2v) is 7.16. The molecule has 0 spiro atoms. The monoisotopic (exact) mass is 443 g/mol. The second-order valence-electron chi connectivity index (χ2n) is 7.16. The van der Waals surface area contributed by atoms with Gasteiger partial charge in [-0.1, -0.05) is 0 Å². The van der Waals surface area contributed by atoms with Crippen molar-refractivity contribution in [3.8, 4) is 11.3 Å². The number of carbonyl (C=O) groups excluding carboxylic acids is 1. The third-order valence-corrected chi connectivity index (χ3v) is 5.18. The van der Waals surface area contributed by atoms with Crippen molar-refractivity contribution in [3.05, 3.63) is 58.3 Å². The van der Waals surface area contributed by atoms with Crippen LogP contribution >= 0.6 is 0 Å². The van der Waals surface area contributed by atoms with Gasteiger partial charge in [0.2, 0.25) is 0 Å². The zero-order valence-corrected chi connectivity index (χ0v) is 16.3. The van der Waals surface area contributed by atoms with E-state index in [0.29, 0.717) is 21.6 Å². The molecule has 0 fully saturated rings. The molecule has 0 unspecified atom stereocenters. The molecule has 3 aromatic rings. The number of fused-ring (bicyclic) bond motifs is 1. The third kappa shape index (κ3) is 3.45. The van der Waals surface area contributed by atoms with Gasteiger partial charge in [0.15, 0.2) is 23.1 Å². The lowest BCUT2D eigenvalue weighted by Crippen LogP contribution is -2.37. The van der Waals surface area contributed by atoms with E-state index >= 15 is 0 Å². The molecule has 31 heavy (non-hydrogen) atoms. The van der Waals surface area contributed by atoms with Gasteiger partial charge >= 0.3 is 6.18 Å². The molecule has 0 bridgehead atoms. The number of aromatic nitrogens is 4. The van der Waals surface area contributed by atoms with Crippen molar-refractivity contribution in [2.75, 3.05) is 6.54 Å². The summed E-state index contributed by atoms with van der Waals surface area (Å²) in [5.74, 6) is -5.15. The summed E-state index contributed by atoms with van der Waals surface area (Å²) in [4.78, 5) is 14.0. The molecule has 0 N–H and O–H groups in total. The first kappa shape index (κ1) is 20.9. The van der Waals surface area contributed by atoms with Gasteiger partial charge in [0, 0.05) is 31.8 Å². The minimum Gasteiger partial charge on any atom is -0.332 e. The van der Waals surface area contributed by atoms with E-state index in [0.717, 1.165) is 25.4 Å². The zero-order valence-electron chi connectivity index (χ0n) is 16.3. The van der Waals surface area contributed by atoms with Gasteiger partial charge in [-0.25, -0.2) is 13.2 Å². The quantitative estimate of drug-likeness (QED) is 0.451. The topological polar surface area (TPSA) is 56.0 Å². The highest BCUT2D eigenvalue weighted by Gasteiger charge is 2.41. The van der Waals surface area contributed by atoms with Crippen LogP contribution in [0, 0.1) is 17.5 Å². The van der Waals surface area contributed by atoms with E-state index in [4.69, 9.17) is 0 Å². The van der Waals surface area contributed by atoms with Crippen LogP contribution in [0.5, 0.6) is 0 Å². The fourth-order valence-corrected chi connectivity index (χ4v) is 3.85. The third-order valence-electron chi connectivity index (χ3n) is 5.18. The van der Waals surface area contributed by atoms with E-state index in [2.05, 4.69) is 10.2 Å². The zero-order chi connectivity index (χ0) is 22.7. The Kier molecular flexibility index (Phi) is 4.82. The van der Waals surface area contributed by atoms with Crippen LogP contribution in [-0.4, -0.2) is 36.9 Å². The van der Waals surface area contributed by atoms with Crippen LogP contribution in [0.1, 0.15) is 27.3 Å². The van der Waals surface area contributed by atoms with Crippen molar-refractivity contribution in [2.45, 2.75) is 19.1 Å². The van der Waals surface area contributed by atoms with E-state index in [1.165, 1.54) is 16.6 Å². The highest BCUT2D eigenvalue weighted by molar-refractivity contribution is 5.95. The van der Waals surface area contributed by atoms with Crippen LogP contribution in [0.2, 0.25) is 0 Å². The summed E-state index contributed by atoms with van der Waals surface area (Å²) in [6.45, 7) is -0.0385. The molecule has 0 aliphatic carbocycles. The smallest absolute Gasteiger partial charge is 0.332 e. The number of hydrogen-bond donors (Lipinski definition) is 0. The summed E-state index contributed by atoms with van der Waals surface area (Å²) in [5, 5.41) is 7.81. The number of hydrogen-bond acceptors (Lipinski definition) is 3. The molecule has 4 rings (SSSR count). The fourth-order valence-electron chi connectivity index (χ4n) is 3.85. The summed E-state index contributed by atoms with van der Waals surface area (Å²) in [7, 11) is 2.61. The summed E-state index contributed by atoms with van der Waals surface area (Å²) in [6, 6.07) is 1.69. The number of carbonyl (C=O) groups is 1. The molecule has 3 heterocycles. The summed E-state index contributed by atoms with van der Waals surface area (Å²) in [5.41, 5.74) is -0.352. The van der Waals surface area contributed by atoms with Crippen molar-refractivity contribution < 1.29 is 31.1 Å². The summed E-state index contributed by atoms with van der Waals surface area (Å²) >= 11 is 0. The van der Waals surface area contributed by atoms with Gasteiger partial charge in [0.1, 0.15) is 0 Å². The minimum atomic E-state index is -4.76. The Morgan fingerprint density at radius 2 is 1.71 bits per heavy atom. The molecule has 0 atom stereocenters. The average molecular weight is 443 g/mol. The van der Waals surface area contributed by atoms with Crippen LogP contribution in [0.4, 0.5) is 26.3 Å². The minimum absolute atomic E-state index is 0.0584. The molecular formula is C19H15F6N5O. The molecule has 6 nitrogen and oxygen atoms in total. The molecule has 1 amide bonds. The van der Waals surface area contributed by atoms with Gasteiger partial charge in [-0.15, -0.1) is 0 Å². The lowest BCUT2D eigenvalue weighted by Gasteiger charge is -2.27. The van der Waals surface area contributed by atoms with Gasteiger partial charge in [-0.05, 0) is 18.6 Å². The second kappa shape index (κ2) is 7.13. The highest BCUT2D eigenvalue weighted by atomic mass is 19.4. The average Bonchev–Trinajstić information content (AvgIpc) is 3.23. The summed E-state index contributed by atoms with van der Waals surface area (Å²) in [6.07, 6.45) is -3.70. The van der Waals surface area contributed by atoms with Crippen molar-refractivity contribution in [2.24, 2.45) is 14.1 Å². The first-order chi connectivity index (χ1) is 14.5. The molecule has 0 saturated heterocycles. The van der Waals surface area contributed by atoms with Crippen molar-refractivity contribution in [1.29, 1.82) is 0 Å². The van der Waals surface area contributed by atoms with Gasteiger partial charge < -0.3 is 4.90 Å². The van der Waals surface area contributed by atoms with Crippen LogP contribution < -0.4 is 0 Å². The lowest BCUT2D eigenvalue weighted by atomic mass is 9.99. The molecular weight excluding hydrogens is 428 g/mol. The number of alkyl halides is 3. The van der Waals surface area contributed by atoms with Gasteiger partial charge in [-0.3, -0.25) is 14.2 Å². The largest absolute Gasteiger partial charge is 0.433 e. The number of benzene rings is 1. The molecule has 1 aliphatic heterocycles. The van der Waals surface area contributed by atoms with Gasteiger partial charge in [-0.2, -0.15) is 23.4 Å². The number of aryl methyl sites for hydroxylation is 2. The standard InChI is InChI=1S/C19H15F6N5O/c1-28-16(9-5-12(20)15(22)13(21)6-9)10-3-4-30(8-14(10)27-28)18(31)11-7-26-29(2)17(11)19(23,24)25/h5-7H,3-4,8H2,1-2H3. The van der Waals surface area contributed by atoms with E-state index in [-0.39, 0.29) is 25.1 Å². The number of amides is 1. The first-order valence-corrected chi connectivity index (χ1v) is 9.07. The highest BCUT2D eigenvalue weighted by Crippen LogP contribution is 2.34. The van der Waals surface area contributed by atoms with E-state index in [9.17, 15) is 31.1 Å². The number of nitrogens with zero attached hydrogens (tertiary/aromatic N) is 5. The molecule has 1 aliphatic rings. The molecule has 0 radical (unpaired) electrons. The Morgan fingerprint density at radius 1 is 1.06 bits per heavy atom. The predicted octanol–water partition coefficient (Wildman–Crippen LogP) is 3.46. The molecule has 12 heteroatoms.